The Balaban J connectivity index is 1.70. The first-order valence-electron chi connectivity index (χ1n) is 8.73. The quantitative estimate of drug-likeness (QED) is 0.666. The minimum Gasteiger partial charge on any atom is -0.491 e. The highest BCUT2D eigenvalue weighted by atomic mass is 16.5. The molecule has 2 rings (SSSR count). The van der Waals surface area contributed by atoms with E-state index in [9.17, 15) is 0 Å². The zero-order chi connectivity index (χ0) is 16.3. The number of rotatable bonds is 10. The number of anilines is 1. The third kappa shape index (κ3) is 6.37. The normalized spacial score (nSPS) is 15.8. The maximum absolute atomic E-state index is 5.61. The van der Waals surface area contributed by atoms with E-state index in [4.69, 9.17) is 9.47 Å². The molecular weight excluding hydrogens is 290 g/mol. The minimum absolute atomic E-state index is 0.598. The Morgan fingerprint density at radius 3 is 2.39 bits per heavy atom. The first-order valence-corrected chi connectivity index (χ1v) is 8.73. The van der Waals surface area contributed by atoms with E-state index in [1.807, 2.05) is 12.1 Å². The lowest BCUT2D eigenvalue weighted by Gasteiger charge is -2.36. The van der Waals surface area contributed by atoms with Crippen molar-refractivity contribution in [2.45, 2.75) is 13.3 Å². The number of methoxy groups -OCH3 is 1. The summed E-state index contributed by atoms with van der Waals surface area (Å²) in [4.78, 5) is 5.00. The average molecular weight is 321 g/mol. The molecule has 1 aromatic carbocycles. The van der Waals surface area contributed by atoms with Crippen LogP contribution in [0.2, 0.25) is 0 Å². The molecule has 1 saturated heterocycles. The van der Waals surface area contributed by atoms with Gasteiger partial charge in [0.1, 0.15) is 12.4 Å². The van der Waals surface area contributed by atoms with Crippen LogP contribution in [0, 0.1) is 0 Å². The summed E-state index contributed by atoms with van der Waals surface area (Å²) in [5.41, 5.74) is 1.29. The highest BCUT2D eigenvalue weighted by molar-refractivity contribution is 5.49. The van der Waals surface area contributed by atoms with Crippen molar-refractivity contribution in [2.24, 2.45) is 0 Å². The van der Waals surface area contributed by atoms with Crippen LogP contribution >= 0.6 is 0 Å². The molecule has 0 radical (unpaired) electrons. The monoisotopic (exact) mass is 321 g/mol. The third-order valence-electron chi connectivity index (χ3n) is 4.16. The Hall–Kier alpha value is -1.30. The molecule has 0 spiro atoms. The van der Waals surface area contributed by atoms with Gasteiger partial charge in [0.05, 0.1) is 6.61 Å². The van der Waals surface area contributed by atoms with Gasteiger partial charge in [0.2, 0.25) is 0 Å². The van der Waals surface area contributed by atoms with Gasteiger partial charge < -0.3 is 19.7 Å². The smallest absolute Gasteiger partial charge is 0.119 e. The number of benzene rings is 1. The van der Waals surface area contributed by atoms with Crippen molar-refractivity contribution < 1.29 is 9.47 Å². The lowest BCUT2D eigenvalue weighted by Crippen LogP contribution is -2.48. The number of hydrogen-bond donors (Lipinski definition) is 1. The molecule has 0 amide bonds. The Bertz CT molecular complexity index is 417. The van der Waals surface area contributed by atoms with Crippen LogP contribution in [-0.4, -0.2) is 71.0 Å². The number of piperazine rings is 1. The van der Waals surface area contributed by atoms with E-state index >= 15 is 0 Å². The van der Waals surface area contributed by atoms with E-state index in [1.165, 1.54) is 12.1 Å². The molecule has 5 nitrogen and oxygen atoms in total. The van der Waals surface area contributed by atoms with Gasteiger partial charge in [0.25, 0.3) is 0 Å². The lowest BCUT2D eigenvalue weighted by atomic mass is 10.2. The van der Waals surface area contributed by atoms with Gasteiger partial charge >= 0.3 is 0 Å². The number of hydrogen-bond acceptors (Lipinski definition) is 5. The standard InChI is InChI=1S/C18H31N3O2/c1-3-8-19-9-10-20-11-13-21(14-12-20)17-4-6-18(7-5-17)23-16-15-22-2/h4-7,19H,3,8-16H2,1-2H3. The Morgan fingerprint density at radius 1 is 1.00 bits per heavy atom. The van der Waals surface area contributed by atoms with Crippen LogP contribution in [0.1, 0.15) is 13.3 Å². The largest absolute Gasteiger partial charge is 0.491 e. The van der Waals surface area contributed by atoms with Gasteiger partial charge in [-0.25, -0.2) is 0 Å². The molecule has 1 aromatic rings. The molecule has 0 aromatic heterocycles. The second-order valence-electron chi connectivity index (χ2n) is 5.91. The van der Waals surface area contributed by atoms with Crippen molar-refractivity contribution in [2.75, 3.05) is 71.0 Å². The van der Waals surface area contributed by atoms with Crippen LogP contribution in [0.4, 0.5) is 5.69 Å². The summed E-state index contributed by atoms with van der Waals surface area (Å²) in [6.45, 7) is 11.3. The number of ether oxygens (including phenoxy) is 2. The molecule has 1 aliphatic rings. The topological polar surface area (TPSA) is 37.0 Å². The van der Waals surface area contributed by atoms with Gasteiger partial charge in [-0.3, -0.25) is 4.90 Å². The summed E-state index contributed by atoms with van der Waals surface area (Å²) in [7, 11) is 1.69. The van der Waals surface area contributed by atoms with Gasteiger partial charge in [-0.15, -0.1) is 0 Å². The first kappa shape index (κ1) is 18.0. The zero-order valence-corrected chi connectivity index (χ0v) is 14.6. The second kappa shape index (κ2) is 10.5. The minimum atomic E-state index is 0.598. The summed E-state index contributed by atoms with van der Waals surface area (Å²) in [5.74, 6) is 0.909. The van der Waals surface area contributed by atoms with E-state index in [1.54, 1.807) is 7.11 Å². The SMILES string of the molecule is CCCNCCN1CCN(c2ccc(OCCOC)cc2)CC1. The van der Waals surface area contributed by atoms with Crippen molar-refractivity contribution in [3.8, 4) is 5.75 Å². The van der Waals surface area contributed by atoms with E-state index in [2.05, 4.69) is 34.2 Å². The second-order valence-corrected chi connectivity index (χ2v) is 5.91. The van der Waals surface area contributed by atoms with E-state index in [-0.39, 0.29) is 0 Å². The van der Waals surface area contributed by atoms with Crippen LogP contribution in [-0.2, 0) is 4.74 Å². The van der Waals surface area contributed by atoms with Crippen LogP contribution in [0.5, 0.6) is 5.75 Å². The van der Waals surface area contributed by atoms with Gasteiger partial charge in [-0.05, 0) is 37.2 Å². The number of nitrogens with one attached hydrogen (secondary N) is 1. The predicted octanol–water partition coefficient (Wildman–Crippen LogP) is 1.83. The van der Waals surface area contributed by atoms with Crippen molar-refractivity contribution in [1.29, 1.82) is 0 Å². The predicted molar refractivity (Wildman–Crippen MR) is 95.6 cm³/mol. The molecule has 0 atom stereocenters. The highest BCUT2D eigenvalue weighted by Gasteiger charge is 2.16. The van der Waals surface area contributed by atoms with Crippen molar-refractivity contribution >= 4 is 5.69 Å². The Morgan fingerprint density at radius 2 is 1.74 bits per heavy atom. The Labute approximate surface area is 140 Å². The fraction of sp³-hybridized carbons (Fsp3) is 0.667. The van der Waals surface area contributed by atoms with Crippen molar-refractivity contribution in [1.82, 2.24) is 10.2 Å². The molecular formula is C18H31N3O2. The summed E-state index contributed by atoms with van der Waals surface area (Å²) in [5, 5.41) is 3.47. The molecule has 23 heavy (non-hydrogen) atoms. The molecule has 130 valence electrons. The number of nitrogens with zero attached hydrogens (tertiary/aromatic N) is 2. The summed E-state index contributed by atoms with van der Waals surface area (Å²) in [6.07, 6.45) is 1.21. The molecule has 0 aliphatic carbocycles. The van der Waals surface area contributed by atoms with Crippen LogP contribution in [0.15, 0.2) is 24.3 Å². The van der Waals surface area contributed by atoms with Crippen LogP contribution < -0.4 is 15.0 Å². The molecule has 0 bridgehead atoms. The van der Waals surface area contributed by atoms with Gasteiger partial charge in [-0.2, -0.15) is 0 Å². The molecule has 1 N–H and O–H groups in total. The van der Waals surface area contributed by atoms with Crippen LogP contribution in [0.25, 0.3) is 0 Å². The van der Waals surface area contributed by atoms with Gasteiger partial charge in [0.15, 0.2) is 0 Å². The van der Waals surface area contributed by atoms with E-state index < -0.39 is 0 Å². The summed E-state index contributed by atoms with van der Waals surface area (Å²) in [6, 6.07) is 8.40. The fourth-order valence-electron chi connectivity index (χ4n) is 2.76. The third-order valence-corrected chi connectivity index (χ3v) is 4.16. The summed E-state index contributed by atoms with van der Waals surface area (Å²) >= 11 is 0. The van der Waals surface area contributed by atoms with Crippen molar-refractivity contribution in [3.63, 3.8) is 0 Å². The van der Waals surface area contributed by atoms with E-state index in [0.29, 0.717) is 13.2 Å². The molecule has 0 saturated carbocycles. The fourth-order valence-corrected chi connectivity index (χ4v) is 2.76. The van der Waals surface area contributed by atoms with Gasteiger partial charge in [0, 0.05) is 52.1 Å². The molecule has 1 heterocycles. The summed E-state index contributed by atoms with van der Waals surface area (Å²) < 4.78 is 10.6. The Kier molecular flexibility index (Phi) is 8.21. The molecule has 1 fully saturated rings. The van der Waals surface area contributed by atoms with E-state index in [0.717, 1.165) is 51.6 Å². The highest BCUT2D eigenvalue weighted by Crippen LogP contribution is 2.20. The first-order chi connectivity index (χ1) is 11.3. The molecule has 1 aliphatic heterocycles. The molecule has 5 heteroatoms. The maximum Gasteiger partial charge on any atom is 0.119 e. The molecule has 0 unspecified atom stereocenters. The zero-order valence-electron chi connectivity index (χ0n) is 14.6. The van der Waals surface area contributed by atoms with Crippen molar-refractivity contribution in [3.05, 3.63) is 24.3 Å². The van der Waals surface area contributed by atoms with Gasteiger partial charge in [-0.1, -0.05) is 6.92 Å². The lowest BCUT2D eigenvalue weighted by molar-refractivity contribution is 0.146. The average Bonchev–Trinajstić information content (AvgIpc) is 2.60. The van der Waals surface area contributed by atoms with Crippen LogP contribution in [0.3, 0.4) is 0 Å². The maximum atomic E-state index is 5.61.